The van der Waals surface area contributed by atoms with Gasteiger partial charge in [-0.15, -0.1) is 0 Å². The van der Waals surface area contributed by atoms with Crippen LogP contribution in [0.25, 0.3) is 0 Å². The monoisotopic (exact) mass is 324 g/mol. The lowest BCUT2D eigenvalue weighted by molar-refractivity contribution is 0.149. The highest BCUT2D eigenvalue weighted by atomic mass is 79.9. The van der Waals surface area contributed by atoms with Gasteiger partial charge in [0.1, 0.15) is 0 Å². The van der Waals surface area contributed by atoms with Crippen molar-refractivity contribution in [2.45, 2.75) is 45.7 Å². The van der Waals surface area contributed by atoms with Gasteiger partial charge < -0.3 is 5.73 Å². The molecule has 0 bridgehead atoms. The van der Waals surface area contributed by atoms with Crippen LogP contribution in [-0.2, 0) is 0 Å². The zero-order chi connectivity index (χ0) is 14.0. The molecule has 1 unspecified atom stereocenters. The number of nitrogens with two attached hydrogens (primary N) is 1. The fraction of sp³-hybridized carbons (Fsp3) is 0.625. The second-order valence-corrected chi connectivity index (χ2v) is 6.85. The summed E-state index contributed by atoms with van der Waals surface area (Å²) in [4.78, 5) is 2.57. The lowest BCUT2D eigenvalue weighted by atomic mass is 10.0. The second-order valence-electron chi connectivity index (χ2n) is 5.99. The minimum absolute atomic E-state index is 0.340. The van der Waals surface area contributed by atoms with E-state index in [2.05, 4.69) is 59.8 Å². The van der Waals surface area contributed by atoms with Gasteiger partial charge in [0.2, 0.25) is 0 Å². The van der Waals surface area contributed by atoms with E-state index in [0.717, 1.165) is 5.92 Å². The molecular weight excluding hydrogens is 300 g/mol. The van der Waals surface area contributed by atoms with Crippen LogP contribution in [0.15, 0.2) is 22.7 Å². The molecule has 1 saturated carbocycles. The summed E-state index contributed by atoms with van der Waals surface area (Å²) in [5, 5.41) is 0. The van der Waals surface area contributed by atoms with Gasteiger partial charge in [-0.1, -0.05) is 28.1 Å². The summed E-state index contributed by atoms with van der Waals surface area (Å²) in [5.41, 5.74) is 8.70. The first-order valence-electron chi connectivity index (χ1n) is 7.24. The van der Waals surface area contributed by atoms with Gasteiger partial charge in [0.15, 0.2) is 0 Å². The van der Waals surface area contributed by atoms with Crippen molar-refractivity contribution in [3.63, 3.8) is 0 Å². The summed E-state index contributed by atoms with van der Waals surface area (Å²) in [5.74, 6) is 0.896. The first-order valence-corrected chi connectivity index (χ1v) is 8.04. The fourth-order valence-electron chi connectivity index (χ4n) is 2.63. The number of benzene rings is 1. The Bertz CT molecular complexity index is 427. The van der Waals surface area contributed by atoms with Crippen molar-refractivity contribution in [1.82, 2.24) is 4.90 Å². The summed E-state index contributed by atoms with van der Waals surface area (Å²) in [6.07, 6.45) is 2.78. The van der Waals surface area contributed by atoms with Crippen LogP contribution in [0.5, 0.6) is 0 Å². The van der Waals surface area contributed by atoms with E-state index in [1.165, 1.54) is 35.0 Å². The number of hydrogen-bond acceptors (Lipinski definition) is 2. The summed E-state index contributed by atoms with van der Waals surface area (Å²) in [6, 6.07) is 7.49. The average Bonchev–Trinajstić information content (AvgIpc) is 3.17. The van der Waals surface area contributed by atoms with Crippen molar-refractivity contribution in [1.29, 1.82) is 0 Å². The van der Waals surface area contributed by atoms with Gasteiger partial charge in [-0.25, -0.2) is 0 Å². The summed E-state index contributed by atoms with van der Waals surface area (Å²) < 4.78 is 1.17. The molecule has 0 saturated heterocycles. The highest BCUT2D eigenvalue weighted by Crippen LogP contribution is 2.34. The maximum Gasteiger partial charge on any atom is 0.0473 e. The molecule has 1 atom stereocenters. The lowest BCUT2D eigenvalue weighted by Crippen LogP contribution is -2.40. The Morgan fingerprint density at radius 1 is 1.37 bits per heavy atom. The Labute approximate surface area is 125 Å². The van der Waals surface area contributed by atoms with Crippen molar-refractivity contribution in [2.24, 2.45) is 11.7 Å². The SMILES string of the molecule is Cc1cc(C(CN)N(CC2CC2)C(C)C)ccc1Br. The fourth-order valence-corrected chi connectivity index (χ4v) is 2.88. The predicted molar refractivity (Wildman–Crippen MR) is 85.2 cm³/mol. The quantitative estimate of drug-likeness (QED) is 0.860. The number of halogens is 1. The van der Waals surface area contributed by atoms with Crippen LogP contribution in [0.3, 0.4) is 0 Å². The van der Waals surface area contributed by atoms with Gasteiger partial charge in [0, 0.05) is 29.6 Å². The first kappa shape index (κ1) is 15.0. The van der Waals surface area contributed by atoms with E-state index in [1.54, 1.807) is 0 Å². The Morgan fingerprint density at radius 2 is 2.05 bits per heavy atom. The molecule has 2 nitrogen and oxygen atoms in total. The first-order chi connectivity index (χ1) is 9.02. The smallest absolute Gasteiger partial charge is 0.0473 e. The minimum Gasteiger partial charge on any atom is -0.329 e. The van der Waals surface area contributed by atoms with Crippen molar-refractivity contribution in [3.8, 4) is 0 Å². The predicted octanol–water partition coefficient (Wildman–Crippen LogP) is 3.88. The van der Waals surface area contributed by atoms with Gasteiger partial charge in [0.05, 0.1) is 0 Å². The number of aryl methyl sites for hydroxylation is 1. The summed E-state index contributed by atoms with van der Waals surface area (Å²) in [6.45, 7) is 8.57. The molecule has 0 amide bonds. The highest BCUT2D eigenvalue weighted by molar-refractivity contribution is 9.10. The molecule has 3 heteroatoms. The molecule has 2 rings (SSSR count). The van der Waals surface area contributed by atoms with E-state index in [9.17, 15) is 0 Å². The molecule has 2 N–H and O–H groups in total. The van der Waals surface area contributed by atoms with Crippen molar-refractivity contribution in [3.05, 3.63) is 33.8 Å². The van der Waals surface area contributed by atoms with Crippen LogP contribution in [0.1, 0.15) is 43.9 Å². The zero-order valence-corrected chi connectivity index (χ0v) is 13.8. The molecule has 1 aromatic rings. The maximum absolute atomic E-state index is 6.07. The molecule has 1 aliphatic rings. The maximum atomic E-state index is 6.07. The Hall–Kier alpha value is -0.380. The Kier molecular flexibility index (Phi) is 5.04. The van der Waals surface area contributed by atoms with Crippen LogP contribution in [0.4, 0.5) is 0 Å². The number of nitrogens with zero attached hydrogens (tertiary/aromatic N) is 1. The normalized spacial score (nSPS) is 17.2. The molecule has 0 spiro atoms. The number of hydrogen-bond donors (Lipinski definition) is 1. The van der Waals surface area contributed by atoms with E-state index in [4.69, 9.17) is 5.73 Å². The molecular formula is C16H25BrN2. The van der Waals surface area contributed by atoms with E-state index >= 15 is 0 Å². The van der Waals surface area contributed by atoms with Gasteiger partial charge in [-0.2, -0.15) is 0 Å². The third-order valence-electron chi connectivity index (χ3n) is 4.02. The van der Waals surface area contributed by atoms with Crippen LogP contribution in [0.2, 0.25) is 0 Å². The van der Waals surface area contributed by atoms with Gasteiger partial charge >= 0.3 is 0 Å². The molecule has 0 aliphatic heterocycles. The van der Waals surface area contributed by atoms with Crippen molar-refractivity contribution < 1.29 is 0 Å². The third kappa shape index (κ3) is 3.80. The van der Waals surface area contributed by atoms with E-state index in [1.807, 2.05) is 0 Å². The highest BCUT2D eigenvalue weighted by Gasteiger charge is 2.29. The second kappa shape index (κ2) is 6.38. The third-order valence-corrected chi connectivity index (χ3v) is 4.91. The van der Waals surface area contributed by atoms with Crippen LogP contribution >= 0.6 is 15.9 Å². The van der Waals surface area contributed by atoms with Crippen LogP contribution < -0.4 is 5.73 Å². The van der Waals surface area contributed by atoms with Gasteiger partial charge in [-0.3, -0.25) is 4.90 Å². The van der Waals surface area contributed by atoms with Gasteiger partial charge in [-0.05, 0) is 56.7 Å². The minimum atomic E-state index is 0.340. The standard InChI is InChI=1S/C16H25BrN2/c1-11(2)19(10-13-4-5-13)16(9-18)14-6-7-15(17)12(3)8-14/h6-8,11,13,16H,4-5,9-10,18H2,1-3H3. The molecule has 0 radical (unpaired) electrons. The van der Waals surface area contributed by atoms with Crippen LogP contribution in [0, 0.1) is 12.8 Å². The van der Waals surface area contributed by atoms with Crippen LogP contribution in [-0.4, -0.2) is 24.0 Å². The summed E-state index contributed by atoms with van der Waals surface area (Å²) in [7, 11) is 0. The number of rotatable bonds is 6. The molecule has 19 heavy (non-hydrogen) atoms. The Morgan fingerprint density at radius 3 is 2.53 bits per heavy atom. The molecule has 1 aliphatic carbocycles. The lowest BCUT2D eigenvalue weighted by Gasteiger charge is -2.35. The zero-order valence-electron chi connectivity index (χ0n) is 12.2. The Balaban J connectivity index is 2.21. The molecule has 0 aromatic heterocycles. The van der Waals surface area contributed by atoms with E-state index in [0.29, 0.717) is 18.6 Å². The van der Waals surface area contributed by atoms with Crippen molar-refractivity contribution >= 4 is 15.9 Å². The molecule has 0 heterocycles. The molecule has 1 fully saturated rings. The molecule has 106 valence electrons. The van der Waals surface area contributed by atoms with Gasteiger partial charge in [0.25, 0.3) is 0 Å². The average molecular weight is 325 g/mol. The largest absolute Gasteiger partial charge is 0.329 e. The van der Waals surface area contributed by atoms with E-state index < -0.39 is 0 Å². The topological polar surface area (TPSA) is 29.3 Å². The van der Waals surface area contributed by atoms with Crippen molar-refractivity contribution in [2.75, 3.05) is 13.1 Å². The molecule has 1 aromatic carbocycles. The van der Waals surface area contributed by atoms with E-state index in [-0.39, 0.29) is 0 Å². The summed E-state index contributed by atoms with van der Waals surface area (Å²) >= 11 is 3.57.